The Morgan fingerprint density at radius 2 is 1.89 bits per heavy atom. The molecule has 38 heavy (non-hydrogen) atoms. The summed E-state index contributed by atoms with van der Waals surface area (Å²) in [5.74, 6) is 0.958. The molecule has 7 nitrogen and oxygen atoms in total. The van der Waals surface area contributed by atoms with E-state index in [-0.39, 0.29) is 18.6 Å². The second kappa shape index (κ2) is 13.5. The lowest BCUT2D eigenvalue weighted by Crippen LogP contribution is -2.44. The standard InChI is InChI=1S/C29H33IN2O5S/c1-4-35-24-16-20(15-22(30)27(24)37-18-26(33)36-5-2)17-25-28(34)32(23-14-10-9-11-19(23)3)29(38-25)31-21-12-7-6-8-13-21/h6-8,12-13,15-17,19,23H,4-5,9-11,14,18H2,1-3H3/b25-17-,31-29?/t19-,23+/m0/s1. The Balaban J connectivity index is 1.67. The maximum atomic E-state index is 13.8. The Hall–Kier alpha value is -2.53. The monoisotopic (exact) mass is 648 g/mol. The molecule has 2 aromatic carbocycles. The molecule has 2 aromatic rings. The molecule has 202 valence electrons. The first kappa shape index (κ1) is 28.5. The molecule has 1 amide bonds. The number of carbonyl (C=O) groups excluding carboxylic acids is 2. The highest BCUT2D eigenvalue weighted by atomic mass is 127. The summed E-state index contributed by atoms with van der Waals surface area (Å²) in [7, 11) is 0. The molecule has 2 aliphatic rings. The third-order valence-corrected chi connectivity index (χ3v) is 8.27. The number of ether oxygens (including phenoxy) is 3. The molecule has 9 heteroatoms. The van der Waals surface area contributed by atoms with Crippen LogP contribution in [0.1, 0.15) is 52.0 Å². The topological polar surface area (TPSA) is 77.4 Å². The molecule has 0 bridgehead atoms. The lowest BCUT2D eigenvalue weighted by atomic mass is 9.85. The Morgan fingerprint density at radius 1 is 1.13 bits per heavy atom. The van der Waals surface area contributed by atoms with Gasteiger partial charge >= 0.3 is 5.97 Å². The maximum Gasteiger partial charge on any atom is 0.344 e. The number of aliphatic imine (C=N–C) groups is 1. The molecule has 0 N–H and O–H groups in total. The van der Waals surface area contributed by atoms with E-state index in [2.05, 4.69) is 29.5 Å². The summed E-state index contributed by atoms with van der Waals surface area (Å²) >= 11 is 3.57. The van der Waals surface area contributed by atoms with Gasteiger partial charge in [-0.05, 0) is 103 Å². The van der Waals surface area contributed by atoms with Gasteiger partial charge in [-0.1, -0.05) is 38.0 Å². The number of amides is 1. The van der Waals surface area contributed by atoms with Gasteiger partial charge in [0.15, 0.2) is 23.3 Å². The van der Waals surface area contributed by atoms with Gasteiger partial charge in [-0.3, -0.25) is 9.69 Å². The molecule has 1 saturated carbocycles. The predicted octanol–water partition coefficient (Wildman–Crippen LogP) is 6.81. The van der Waals surface area contributed by atoms with Crippen LogP contribution >= 0.6 is 34.4 Å². The lowest BCUT2D eigenvalue weighted by Gasteiger charge is -2.35. The van der Waals surface area contributed by atoms with E-state index in [0.29, 0.717) is 35.5 Å². The minimum atomic E-state index is -0.438. The number of hydrogen-bond donors (Lipinski definition) is 0. The van der Waals surface area contributed by atoms with Gasteiger partial charge in [0.25, 0.3) is 5.91 Å². The first-order valence-electron chi connectivity index (χ1n) is 13.0. The molecule has 0 spiro atoms. The van der Waals surface area contributed by atoms with Crippen molar-refractivity contribution in [3.8, 4) is 11.5 Å². The zero-order chi connectivity index (χ0) is 27.1. The quantitative estimate of drug-likeness (QED) is 0.169. The van der Waals surface area contributed by atoms with Gasteiger partial charge in [0, 0.05) is 6.04 Å². The van der Waals surface area contributed by atoms with Crippen LogP contribution in [0, 0.1) is 9.49 Å². The summed E-state index contributed by atoms with van der Waals surface area (Å²) in [6, 6.07) is 13.7. The maximum absolute atomic E-state index is 13.8. The van der Waals surface area contributed by atoms with E-state index >= 15 is 0 Å². The number of esters is 1. The van der Waals surface area contributed by atoms with Crippen molar-refractivity contribution in [2.75, 3.05) is 19.8 Å². The molecular formula is C29H33IN2O5S. The fraction of sp³-hybridized carbons (Fsp3) is 0.414. The summed E-state index contributed by atoms with van der Waals surface area (Å²) in [5, 5.41) is 0.723. The second-order valence-corrected chi connectivity index (χ2v) is 11.4. The molecule has 4 rings (SSSR count). The van der Waals surface area contributed by atoms with Crippen LogP contribution in [0.15, 0.2) is 52.4 Å². The smallest absolute Gasteiger partial charge is 0.344 e. The molecular weight excluding hydrogens is 615 g/mol. The Labute approximate surface area is 242 Å². The second-order valence-electron chi connectivity index (χ2n) is 9.20. The molecule has 1 aliphatic carbocycles. The number of para-hydroxylation sites is 1. The number of benzene rings is 2. The highest BCUT2D eigenvalue weighted by Crippen LogP contribution is 2.41. The van der Waals surface area contributed by atoms with Gasteiger partial charge < -0.3 is 14.2 Å². The van der Waals surface area contributed by atoms with E-state index in [0.717, 1.165) is 39.3 Å². The van der Waals surface area contributed by atoms with Crippen LogP contribution < -0.4 is 9.47 Å². The molecule has 0 aromatic heterocycles. The fourth-order valence-corrected chi connectivity index (χ4v) is 6.54. The lowest BCUT2D eigenvalue weighted by molar-refractivity contribution is -0.145. The van der Waals surface area contributed by atoms with Crippen LogP contribution in [0.5, 0.6) is 11.5 Å². The van der Waals surface area contributed by atoms with Gasteiger partial charge in [0.05, 0.1) is 27.4 Å². The minimum absolute atomic E-state index is 0.0148. The van der Waals surface area contributed by atoms with Crippen LogP contribution in [0.3, 0.4) is 0 Å². The molecule has 2 atom stereocenters. The third kappa shape index (κ3) is 6.91. The van der Waals surface area contributed by atoms with Crippen molar-refractivity contribution < 1.29 is 23.8 Å². The largest absolute Gasteiger partial charge is 0.490 e. The Morgan fingerprint density at radius 3 is 2.61 bits per heavy atom. The zero-order valence-electron chi connectivity index (χ0n) is 21.9. The zero-order valence-corrected chi connectivity index (χ0v) is 24.9. The number of carbonyl (C=O) groups is 2. The Kier molecular flexibility index (Phi) is 10.1. The number of halogens is 1. The van der Waals surface area contributed by atoms with Crippen LogP contribution in [0.25, 0.3) is 6.08 Å². The average molecular weight is 649 g/mol. The van der Waals surface area contributed by atoms with Gasteiger partial charge in [-0.15, -0.1) is 0 Å². The van der Waals surface area contributed by atoms with Crippen LogP contribution in [-0.4, -0.2) is 47.8 Å². The minimum Gasteiger partial charge on any atom is -0.490 e. The van der Waals surface area contributed by atoms with E-state index in [9.17, 15) is 9.59 Å². The molecule has 1 saturated heterocycles. The highest BCUT2D eigenvalue weighted by Gasteiger charge is 2.41. The predicted molar refractivity (Wildman–Crippen MR) is 160 cm³/mol. The number of nitrogens with zero attached hydrogens (tertiary/aromatic N) is 2. The van der Waals surface area contributed by atoms with E-state index in [1.807, 2.05) is 60.4 Å². The van der Waals surface area contributed by atoms with Crippen molar-refractivity contribution in [3.05, 3.63) is 56.5 Å². The highest BCUT2D eigenvalue weighted by molar-refractivity contribution is 14.1. The summed E-state index contributed by atoms with van der Waals surface area (Å²) in [4.78, 5) is 33.0. The molecule has 1 heterocycles. The number of thioether (sulfide) groups is 1. The molecule has 1 aliphatic heterocycles. The number of hydrogen-bond acceptors (Lipinski definition) is 7. The summed E-state index contributed by atoms with van der Waals surface area (Å²) < 4.78 is 17.3. The molecule has 0 radical (unpaired) electrons. The Bertz CT molecular complexity index is 1220. The SMILES string of the molecule is CCOC(=O)COc1c(I)cc(/C=C2\SC(=Nc3ccccc3)N([C@@H]3CCCC[C@@H]3C)C2=O)cc1OCC. The molecule has 2 fully saturated rings. The number of rotatable bonds is 9. The van der Waals surface area contributed by atoms with Crippen LogP contribution in [-0.2, 0) is 14.3 Å². The first-order valence-corrected chi connectivity index (χ1v) is 14.9. The van der Waals surface area contributed by atoms with E-state index in [1.165, 1.54) is 18.2 Å². The molecule has 0 unspecified atom stereocenters. The van der Waals surface area contributed by atoms with Crippen molar-refractivity contribution in [1.82, 2.24) is 4.90 Å². The van der Waals surface area contributed by atoms with Crippen LogP contribution in [0.2, 0.25) is 0 Å². The fourth-order valence-electron chi connectivity index (χ4n) is 4.71. The summed E-state index contributed by atoms with van der Waals surface area (Å²) in [6.45, 7) is 6.40. The van der Waals surface area contributed by atoms with Gasteiger partial charge in [0.2, 0.25) is 0 Å². The van der Waals surface area contributed by atoms with Gasteiger partial charge in [-0.2, -0.15) is 0 Å². The van der Waals surface area contributed by atoms with Crippen molar-refractivity contribution in [2.24, 2.45) is 10.9 Å². The van der Waals surface area contributed by atoms with Crippen molar-refractivity contribution in [2.45, 2.75) is 52.5 Å². The average Bonchev–Trinajstić information content (AvgIpc) is 3.18. The number of amidine groups is 1. The third-order valence-electron chi connectivity index (χ3n) is 6.48. The van der Waals surface area contributed by atoms with Crippen LogP contribution in [0.4, 0.5) is 5.69 Å². The van der Waals surface area contributed by atoms with Crippen molar-refractivity contribution in [3.63, 3.8) is 0 Å². The summed E-state index contributed by atoms with van der Waals surface area (Å²) in [5.41, 5.74) is 1.64. The normalized spacial score (nSPS) is 21.7. The van der Waals surface area contributed by atoms with E-state index in [4.69, 9.17) is 19.2 Å². The van der Waals surface area contributed by atoms with E-state index < -0.39 is 5.97 Å². The summed E-state index contributed by atoms with van der Waals surface area (Å²) in [6.07, 6.45) is 6.29. The first-order chi connectivity index (χ1) is 18.4. The van der Waals surface area contributed by atoms with Crippen molar-refractivity contribution in [1.29, 1.82) is 0 Å². The van der Waals surface area contributed by atoms with Crippen molar-refractivity contribution >= 4 is 63.2 Å². The van der Waals surface area contributed by atoms with Gasteiger partial charge in [0.1, 0.15) is 0 Å². The van der Waals surface area contributed by atoms with Gasteiger partial charge in [-0.25, -0.2) is 9.79 Å². The van der Waals surface area contributed by atoms with E-state index in [1.54, 1.807) is 6.92 Å².